The van der Waals surface area contributed by atoms with Gasteiger partial charge in [-0.25, -0.2) is 14.4 Å². The van der Waals surface area contributed by atoms with Crippen LogP contribution in [0.4, 0.5) is 16.2 Å². The molecule has 37 heavy (non-hydrogen) atoms. The minimum atomic E-state index is -0.778. The predicted molar refractivity (Wildman–Crippen MR) is 142 cm³/mol. The monoisotopic (exact) mass is 518 g/mol. The molecule has 0 saturated heterocycles. The van der Waals surface area contributed by atoms with Crippen LogP contribution < -0.4 is 21.4 Å². The zero-order chi connectivity index (χ0) is 26.1. The van der Waals surface area contributed by atoms with Gasteiger partial charge in [-0.1, -0.05) is 23.7 Å². The average Bonchev–Trinajstić information content (AvgIpc) is 3.25. The maximum Gasteiger partial charge on any atom is 0.304 e. The Labute approximate surface area is 216 Å². The third-order valence-corrected chi connectivity index (χ3v) is 6.09. The molecule has 0 spiro atoms. The number of hydrogen-bond acceptors (Lipinski definition) is 8. The van der Waals surface area contributed by atoms with E-state index in [4.69, 9.17) is 21.0 Å². The number of halogens is 2. The fourth-order valence-corrected chi connectivity index (χ4v) is 4.33. The third kappa shape index (κ3) is 5.18. The lowest BCUT2D eigenvalue weighted by Gasteiger charge is -2.27. The molecule has 12 heteroatoms. The number of aryl methyl sites for hydroxylation is 1. The molecule has 5 rings (SSSR count). The number of nitrogens with zero attached hydrogens (tertiary/aromatic N) is 3. The van der Waals surface area contributed by atoms with Crippen molar-refractivity contribution in [1.29, 1.82) is 0 Å². The molecule has 186 valence electrons. The number of aliphatic imine (C=N–C) groups is 1. The van der Waals surface area contributed by atoms with E-state index in [9.17, 15) is 14.2 Å². The van der Waals surface area contributed by atoms with Gasteiger partial charge in [-0.15, -0.1) is 0 Å². The van der Waals surface area contributed by atoms with Gasteiger partial charge in [0.15, 0.2) is 5.58 Å². The number of oxazole rings is 1. The SMILES string of the molecule is CC1=C(C(=O)Nc2cc(BO)ccn2)C(c2ccc(C)cc2Cl)N=C(Nc2nc3ccc(F)cc3o2)N1. The van der Waals surface area contributed by atoms with Gasteiger partial charge < -0.3 is 20.1 Å². The van der Waals surface area contributed by atoms with Crippen molar-refractivity contribution in [3.8, 4) is 0 Å². The van der Waals surface area contributed by atoms with Crippen molar-refractivity contribution in [2.45, 2.75) is 19.9 Å². The summed E-state index contributed by atoms with van der Waals surface area (Å²) in [7, 11) is -0.182. The number of pyridine rings is 1. The lowest BCUT2D eigenvalue weighted by molar-refractivity contribution is -0.113. The fraction of sp³-hybridized carbons (Fsp3) is 0.120. The Bertz CT molecular complexity index is 1590. The second-order valence-corrected chi connectivity index (χ2v) is 8.89. The molecule has 2 aromatic carbocycles. The predicted octanol–water partition coefficient (Wildman–Crippen LogP) is 3.32. The first-order valence-corrected chi connectivity index (χ1v) is 11.7. The fourth-order valence-electron chi connectivity index (χ4n) is 3.99. The highest BCUT2D eigenvalue weighted by Gasteiger charge is 2.31. The Balaban J connectivity index is 1.50. The summed E-state index contributed by atoms with van der Waals surface area (Å²) in [6.07, 6.45) is 1.50. The lowest BCUT2D eigenvalue weighted by Crippen LogP contribution is -2.37. The van der Waals surface area contributed by atoms with Crippen LogP contribution >= 0.6 is 11.6 Å². The van der Waals surface area contributed by atoms with Crippen LogP contribution in [0.5, 0.6) is 0 Å². The number of rotatable bonds is 5. The van der Waals surface area contributed by atoms with Gasteiger partial charge in [0.25, 0.3) is 5.91 Å². The minimum absolute atomic E-state index is 0.103. The van der Waals surface area contributed by atoms with E-state index in [1.54, 1.807) is 25.1 Å². The highest BCUT2D eigenvalue weighted by molar-refractivity contribution is 6.45. The summed E-state index contributed by atoms with van der Waals surface area (Å²) >= 11 is 6.59. The van der Waals surface area contributed by atoms with Crippen molar-refractivity contribution < 1.29 is 18.6 Å². The Kier molecular flexibility index (Phi) is 6.64. The van der Waals surface area contributed by atoms with Gasteiger partial charge in [0, 0.05) is 28.5 Å². The van der Waals surface area contributed by atoms with E-state index in [0.29, 0.717) is 32.8 Å². The van der Waals surface area contributed by atoms with E-state index >= 15 is 0 Å². The zero-order valence-electron chi connectivity index (χ0n) is 19.8. The molecule has 0 fully saturated rings. The Morgan fingerprint density at radius 1 is 1.19 bits per heavy atom. The van der Waals surface area contributed by atoms with Crippen LogP contribution in [0.25, 0.3) is 11.1 Å². The van der Waals surface area contributed by atoms with Gasteiger partial charge in [0.1, 0.15) is 23.2 Å². The lowest BCUT2D eigenvalue weighted by atomic mass is 9.90. The molecule has 3 heterocycles. The van der Waals surface area contributed by atoms with Crippen molar-refractivity contribution in [1.82, 2.24) is 15.3 Å². The molecule has 4 aromatic rings. The summed E-state index contributed by atoms with van der Waals surface area (Å²) in [5.74, 6) is -0.319. The van der Waals surface area contributed by atoms with Crippen LogP contribution in [0, 0.1) is 12.7 Å². The molecule has 1 unspecified atom stereocenters. The first-order chi connectivity index (χ1) is 17.8. The molecule has 1 amide bonds. The maximum atomic E-state index is 13.6. The molecule has 0 saturated carbocycles. The summed E-state index contributed by atoms with van der Waals surface area (Å²) in [4.78, 5) is 26.6. The van der Waals surface area contributed by atoms with Gasteiger partial charge in [0.05, 0.1) is 5.57 Å². The molecule has 4 N–H and O–H groups in total. The van der Waals surface area contributed by atoms with Crippen molar-refractivity contribution in [2.24, 2.45) is 4.99 Å². The number of benzene rings is 2. The number of carbonyl (C=O) groups is 1. The highest BCUT2D eigenvalue weighted by Crippen LogP contribution is 2.36. The number of aromatic nitrogens is 2. The van der Waals surface area contributed by atoms with Gasteiger partial charge >= 0.3 is 13.5 Å². The Morgan fingerprint density at radius 2 is 2.03 bits per heavy atom. The number of guanidine groups is 1. The molecule has 1 aliphatic rings. The first kappa shape index (κ1) is 24.5. The smallest absolute Gasteiger partial charge is 0.304 e. The quantitative estimate of drug-likeness (QED) is 0.299. The number of carbonyl (C=O) groups excluding carboxylic acids is 1. The van der Waals surface area contributed by atoms with Crippen molar-refractivity contribution in [3.05, 3.63) is 88.0 Å². The molecule has 1 aliphatic heterocycles. The van der Waals surface area contributed by atoms with E-state index in [-0.39, 0.29) is 30.9 Å². The van der Waals surface area contributed by atoms with Crippen molar-refractivity contribution in [3.63, 3.8) is 0 Å². The van der Waals surface area contributed by atoms with Crippen molar-refractivity contribution in [2.75, 3.05) is 10.6 Å². The number of hydrogen-bond donors (Lipinski definition) is 4. The second-order valence-electron chi connectivity index (χ2n) is 8.49. The first-order valence-electron chi connectivity index (χ1n) is 11.3. The van der Waals surface area contributed by atoms with Gasteiger partial charge in [-0.2, -0.15) is 4.98 Å². The summed E-state index contributed by atoms with van der Waals surface area (Å²) in [6.45, 7) is 3.65. The van der Waals surface area contributed by atoms with E-state index in [1.165, 1.54) is 24.4 Å². The normalized spacial score (nSPS) is 15.3. The molecule has 0 radical (unpaired) electrons. The highest BCUT2D eigenvalue weighted by atomic mass is 35.5. The number of nitrogens with one attached hydrogen (secondary N) is 3. The maximum absolute atomic E-state index is 13.6. The molecular formula is C25H21BClFN6O3. The topological polar surface area (TPSA) is 125 Å². The number of allylic oxidation sites excluding steroid dienone is 1. The van der Waals surface area contributed by atoms with E-state index < -0.39 is 17.8 Å². The third-order valence-electron chi connectivity index (χ3n) is 5.76. The van der Waals surface area contributed by atoms with Crippen LogP contribution in [-0.4, -0.2) is 34.3 Å². The minimum Gasteiger partial charge on any atom is -0.449 e. The Morgan fingerprint density at radius 3 is 2.81 bits per heavy atom. The molecule has 2 aromatic heterocycles. The zero-order valence-corrected chi connectivity index (χ0v) is 20.6. The van der Waals surface area contributed by atoms with E-state index in [1.807, 2.05) is 19.1 Å². The van der Waals surface area contributed by atoms with Crippen LogP contribution in [0.2, 0.25) is 5.02 Å². The number of fused-ring (bicyclic) bond motifs is 1. The van der Waals surface area contributed by atoms with Crippen molar-refractivity contribution >= 4 is 59.3 Å². The van der Waals surface area contributed by atoms with E-state index in [2.05, 4.69) is 25.9 Å². The summed E-state index contributed by atoms with van der Waals surface area (Å²) in [5.41, 5.74) is 3.78. The molecule has 0 bridgehead atoms. The second kappa shape index (κ2) is 10.0. The Hall–Kier alpha value is -4.22. The molecule has 0 aliphatic carbocycles. The number of anilines is 2. The summed E-state index contributed by atoms with van der Waals surface area (Å²) in [5, 5.41) is 18.7. The number of amides is 1. The molecule has 1 atom stereocenters. The van der Waals surface area contributed by atoms with Gasteiger partial charge in [0.2, 0.25) is 5.96 Å². The van der Waals surface area contributed by atoms with Crippen LogP contribution in [0.15, 0.2) is 75.4 Å². The molecular weight excluding hydrogens is 498 g/mol. The largest absolute Gasteiger partial charge is 0.449 e. The van der Waals surface area contributed by atoms with Crippen LogP contribution in [0.3, 0.4) is 0 Å². The standard InChI is InChI=1S/C25H21BClFN6O3/c1-12-3-5-16(17(27)9-12)22-21(23(35)32-20-10-14(26-36)7-8-29-20)13(2)30-24(33-22)34-25-31-18-6-4-15(28)11-19(18)37-25/h3-11,22,26,36H,1-2H3,(H,29,32,35)(H2,30,31,33,34). The molecule has 9 nitrogen and oxygen atoms in total. The summed E-state index contributed by atoms with van der Waals surface area (Å²) in [6, 6.07) is 12.1. The van der Waals surface area contributed by atoms with Crippen LogP contribution in [-0.2, 0) is 4.79 Å². The van der Waals surface area contributed by atoms with E-state index in [0.717, 1.165) is 5.56 Å². The van der Waals surface area contributed by atoms with Crippen LogP contribution in [0.1, 0.15) is 24.1 Å². The van der Waals surface area contributed by atoms with Gasteiger partial charge in [-0.3, -0.25) is 10.1 Å². The average molecular weight is 519 g/mol. The summed E-state index contributed by atoms with van der Waals surface area (Å²) < 4.78 is 19.2. The van der Waals surface area contributed by atoms with Gasteiger partial charge in [-0.05, 0) is 55.2 Å².